The van der Waals surface area contributed by atoms with Gasteiger partial charge in [-0.05, 0) is 0 Å². The molecule has 0 spiro atoms. The molecule has 2 unspecified atom stereocenters. The zero-order valence-electron chi connectivity index (χ0n) is 7.00. The van der Waals surface area contributed by atoms with Gasteiger partial charge in [0.15, 0.2) is 0 Å². The summed E-state index contributed by atoms with van der Waals surface area (Å²) in [6, 6.07) is 0. The second-order valence-corrected chi connectivity index (χ2v) is 5.82. The summed E-state index contributed by atoms with van der Waals surface area (Å²) < 4.78 is 40.3. The molecule has 7 nitrogen and oxygen atoms in total. The maximum absolute atomic E-state index is 11.5. The number of phosphoric ester groups is 2. The van der Waals surface area contributed by atoms with Gasteiger partial charge in [-0.1, -0.05) is 0 Å². The summed E-state index contributed by atoms with van der Waals surface area (Å²) in [6.07, 6.45) is 0. The summed E-state index contributed by atoms with van der Waals surface area (Å²) in [7, 11) is -8.37. The first-order valence-electron chi connectivity index (χ1n) is 3.61. The quantitative estimate of drug-likeness (QED) is 0.611. The smallest absolute Gasteiger partial charge is 0.302 e. The molecule has 0 radical (unpaired) electrons. The van der Waals surface area contributed by atoms with Crippen molar-refractivity contribution in [1.82, 2.24) is 0 Å². The second kappa shape index (κ2) is 5.05. The lowest BCUT2D eigenvalue weighted by atomic mass is 10.8. The molecule has 0 bridgehead atoms. The molecule has 0 amide bonds. The van der Waals surface area contributed by atoms with Crippen LogP contribution in [0.3, 0.4) is 0 Å². The minimum absolute atomic E-state index is 0.0628. The highest BCUT2D eigenvalue weighted by Gasteiger charge is 2.40. The molecular formula is C4H9ClO7P2. The van der Waals surface area contributed by atoms with Crippen molar-refractivity contribution in [1.29, 1.82) is 0 Å². The zero-order valence-corrected chi connectivity index (χ0v) is 9.54. The molecule has 0 aromatic carbocycles. The van der Waals surface area contributed by atoms with Crippen molar-refractivity contribution < 1.29 is 31.9 Å². The summed E-state index contributed by atoms with van der Waals surface area (Å²) >= 11 is 5.27. The fraction of sp³-hybridized carbons (Fsp3) is 1.00. The molecule has 1 aliphatic rings. The van der Waals surface area contributed by atoms with E-state index >= 15 is 0 Å². The van der Waals surface area contributed by atoms with Gasteiger partial charge in [-0.3, -0.25) is 13.6 Å². The van der Waals surface area contributed by atoms with Crippen LogP contribution in [-0.4, -0.2) is 30.6 Å². The fourth-order valence-corrected chi connectivity index (χ4v) is 3.44. The Balaban J connectivity index is 2.66. The molecule has 0 saturated carbocycles. The van der Waals surface area contributed by atoms with Gasteiger partial charge in [0.1, 0.15) is 0 Å². The van der Waals surface area contributed by atoms with E-state index in [2.05, 4.69) is 17.9 Å². The van der Waals surface area contributed by atoms with E-state index in [-0.39, 0.29) is 25.7 Å². The second-order valence-electron chi connectivity index (χ2n) is 2.19. The molecule has 1 aliphatic heterocycles. The van der Waals surface area contributed by atoms with Crippen LogP contribution in [0.25, 0.3) is 0 Å². The van der Waals surface area contributed by atoms with Crippen LogP contribution in [0.1, 0.15) is 0 Å². The van der Waals surface area contributed by atoms with Crippen LogP contribution >= 0.6 is 27.2 Å². The fourth-order valence-electron chi connectivity index (χ4n) is 0.682. The van der Waals surface area contributed by atoms with Gasteiger partial charge < -0.3 is 4.89 Å². The summed E-state index contributed by atoms with van der Waals surface area (Å²) in [5.74, 6) is 0.0628. The molecule has 0 aromatic rings. The van der Waals surface area contributed by atoms with Crippen LogP contribution in [-0.2, 0) is 27.0 Å². The van der Waals surface area contributed by atoms with Crippen LogP contribution in [0.15, 0.2) is 0 Å². The molecule has 1 N–H and O–H groups in total. The van der Waals surface area contributed by atoms with E-state index in [4.69, 9.17) is 16.5 Å². The van der Waals surface area contributed by atoms with E-state index in [1.165, 1.54) is 0 Å². The molecular weight excluding hydrogens is 257 g/mol. The Morgan fingerprint density at radius 3 is 2.64 bits per heavy atom. The van der Waals surface area contributed by atoms with Gasteiger partial charge in [0.05, 0.1) is 19.8 Å². The first-order valence-corrected chi connectivity index (χ1v) is 7.10. The van der Waals surface area contributed by atoms with Crippen molar-refractivity contribution in [3.05, 3.63) is 0 Å². The molecule has 84 valence electrons. The number of hydrogen-bond donors (Lipinski definition) is 1. The van der Waals surface area contributed by atoms with E-state index < -0.39 is 15.6 Å². The van der Waals surface area contributed by atoms with E-state index in [9.17, 15) is 9.13 Å². The van der Waals surface area contributed by atoms with E-state index in [1.807, 2.05) is 0 Å². The highest BCUT2D eigenvalue weighted by Crippen LogP contribution is 2.64. The standard InChI is InChI=1S/C4H9ClO7P2/c5-1-2-10-14(8)11-4-3-9-13(6,7)12-14/h1-4H2,(H,6,7). The third-order valence-electron chi connectivity index (χ3n) is 1.12. The topological polar surface area (TPSA) is 91.3 Å². The summed E-state index contributed by atoms with van der Waals surface area (Å²) in [5, 5.41) is 0. The number of hydrogen-bond acceptors (Lipinski definition) is 6. The molecule has 14 heavy (non-hydrogen) atoms. The minimum Gasteiger partial charge on any atom is -0.302 e. The van der Waals surface area contributed by atoms with Crippen molar-refractivity contribution in [2.24, 2.45) is 0 Å². The van der Waals surface area contributed by atoms with Gasteiger partial charge in [0.25, 0.3) is 0 Å². The van der Waals surface area contributed by atoms with Gasteiger partial charge in [0, 0.05) is 5.88 Å². The van der Waals surface area contributed by atoms with Crippen molar-refractivity contribution in [3.8, 4) is 0 Å². The number of phosphoric acid groups is 2. The normalized spacial score (nSPS) is 39.3. The van der Waals surface area contributed by atoms with Crippen molar-refractivity contribution in [2.75, 3.05) is 25.7 Å². The Morgan fingerprint density at radius 2 is 2.00 bits per heavy atom. The van der Waals surface area contributed by atoms with Gasteiger partial charge in [-0.15, -0.1) is 11.6 Å². The van der Waals surface area contributed by atoms with Crippen LogP contribution in [0.4, 0.5) is 0 Å². The van der Waals surface area contributed by atoms with Gasteiger partial charge in [-0.25, -0.2) is 9.13 Å². The van der Waals surface area contributed by atoms with Crippen molar-refractivity contribution in [2.45, 2.75) is 0 Å². The predicted molar refractivity (Wildman–Crippen MR) is 47.1 cm³/mol. The Bertz CT molecular complexity index is 281. The van der Waals surface area contributed by atoms with Crippen LogP contribution in [0, 0.1) is 0 Å². The van der Waals surface area contributed by atoms with Gasteiger partial charge >= 0.3 is 15.6 Å². The minimum atomic E-state index is -4.35. The maximum atomic E-state index is 11.5. The maximum Gasteiger partial charge on any atom is 0.483 e. The van der Waals surface area contributed by atoms with Crippen LogP contribution in [0.5, 0.6) is 0 Å². The van der Waals surface area contributed by atoms with E-state index in [0.717, 1.165) is 0 Å². The highest BCUT2D eigenvalue weighted by molar-refractivity contribution is 7.61. The van der Waals surface area contributed by atoms with Crippen molar-refractivity contribution >= 4 is 27.2 Å². The van der Waals surface area contributed by atoms with E-state index in [1.54, 1.807) is 0 Å². The number of rotatable bonds is 3. The van der Waals surface area contributed by atoms with Crippen LogP contribution in [0.2, 0.25) is 0 Å². The predicted octanol–water partition coefficient (Wildman–Crippen LogP) is 1.51. The molecule has 1 fully saturated rings. The van der Waals surface area contributed by atoms with Gasteiger partial charge in [-0.2, -0.15) is 4.31 Å². The monoisotopic (exact) mass is 266 g/mol. The van der Waals surface area contributed by atoms with Crippen LogP contribution < -0.4 is 0 Å². The number of alkyl halides is 1. The third kappa shape index (κ3) is 3.96. The molecule has 1 heterocycles. The average Bonchev–Trinajstić information content (AvgIpc) is 2.21. The highest BCUT2D eigenvalue weighted by atomic mass is 35.5. The lowest BCUT2D eigenvalue weighted by molar-refractivity contribution is 0.167. The largest absolute Gasteiger partial charge is 0.483 e. The van der Waals surface area contributed by atoms with Crippen molar-refractivity contribution in [3.63, 3.8) is 0 Å². The Morgan fingerprint density at radius 1 is 1.36 bits per heavy atom. The first-order chi connectivity index (χ1) is 6.47. The molecule has 10 heteroatoms. The molecule has 0 aromatic heterocycles. The average molecular weight is 267 g/mol. The third-order valence-corrected chi connectivity index (χ3v) is 4.40. The first kappa shape index (κ1) is 12.6. The Hall–Kier alpha value is 0.550. The Kier molecular flexibility index (Phi) is 4.56. The zero-order chi connectivity index (χ0) is 10.7. The lowest BCUT2D eigenvalue weighted by Gasteiger charge is -2.14. The molecule has 1 saturated heterocycles. The summed E-state index contributed by atoms with van der Waals surface area (Å²) in [6.45, 7) is -0.453. The van der Waals surface area contributed by atoms with Gasteiger partial charge in [0.2, 0.25) is 0 Å². The Labute approximate surface area is 85.5 Å². The molecule has 0 aliphatic carbocycles. The molecule has 1 rings (SSSR count). The lowest BCUT2D eigenvalue weighted by Crippen LogP contribution is -2.00. The number of halogens is 1. The molecule has 2 atom stereocenters. The van der Waals surface area contributed by atoms with E-state index in [0.29, 0.717) is 0 Å². The summed E-state index contributed by atoms with van der Waals surface area (Å²) in [4.78, 5) is 8.94. The SMILES string of the molecule is O=P1(O)OCCOP(=O)(OCCCl)O1. The summed E-state index contributed by atoms with van der Waals surface area (Å²) in [5.41, 5.74) is 0.